The lowest BCUT2D eigenvalue weighted by molar-refractivity contribution is -0.666. The molecule has 0 N–H and O–H groups in total. The second kappa shape index (κ2) is 22.6. The SMILES string of the molecule is FC(F)(F)c1cc([B-](c2cc(C(F)(F)F)cc(C(F)(F)F)c2)(c2cc(C(F)(F)F)cc(C(F)(F)F)c2)c2cc(C(F)(F)F)cc(C(F)(F)F)c2)cc(C(F)(F)F)c1.[N-]=[N+]=Nc1cccc(Oc2ccc3ccccc3[n+]2Cc2ccccc2)c1. The highest BCUT2D eigenvalue weighted by atomic mass is 19.4. The molecule has 7 aromatic carbocycles. The van der Waals surface area contributed by atoms with Crippen molar-refractivity contribution in [3.05, 3.63) is 224 Å². The molecule has 0 spiro atoms. The number of benzene rings is 7. The summed E-state index contributed by atoms with van der Waals surface area (Å²) in [6, 6.07) is 20.8. The van der Waals surface area contributed by atoms with Crippen molar-refractivity contribution in [2.45, 2.75) is 56.0 Å². The minimum Gasteiger partial charge on any atom is -0.405 e. The lowest BCUT2D eigenvalue weighted by Gasteiger charge is -2.46. The molecule has 1 aromatic heterocycles. The normalized spacial score (nSPS) is 13.0. The van der Waals surface area contributed by atoms with Crippen LogP contribution in [0.15, 0.2) is 169 Å². The fourth-order valence-electron chi connectivity index (χ4n) is 9.11. The first-order valence-electron chi connectivity index (χ1n) is 23.2. The minimum absolute atomic E-state index is 0.519. The van der Waals surface area contributed by atoms with Gasteiger partial charge in [-0.05, 0) is 54.1 Å². The van der Waals surface area contributed by atoms with Crippen molar-refractivity contribution in [2.75, 3.05) is 0 Å². The Kier molecular flexibility index (Phi) is 16.9. The topological polar surface area (TPSA) is 61.9 Å². The van der Waals surface area contributed by atoms with E-state index in [1.54, 1.807) is 12.1 Å². The molecule has 8 aromatic rings. The van der Waals surface area contributed by atoms with Gasteiger partial charge in [-0.15, -0.1) is 0 Å². The molecule has 0 aliphatic rings. The van der Waals surface area contributed by atoms with Gasteiger partial charge in [0, 0.05) is 27.6 Å². The van der Waals surface area contributed by atoms with Crippen molar-refractivity contribution >= 4 is 44.6 Å². The van der Waals surface area contributed by atoms with Gasteiger partial charge in [-0.25, -0.2) is 0 Å². The van der Waals surface area contributed by atoms with E-state index in [0.29, 0.717) is 18.0 Å². The number of halogens is 24. The number of hydrogen-bond acceptors (Lipinski definition) is 2. The number of rotatable bonds is 9. The molecule has 0 amide bonds. The van der Waals surface area contributed by atoms with Crippen molar-refractivity contribution in [3.8, 4) is 11.6 Å². The Labute approximate surface area is 455 Å². The van der Waals surface area contributed by atoms with Crippen LogP contribution in [0.5, 0.6) is 11.6 Å². The van der Waals surface area contributed by atoms with Gasteiger partial charge in [-0.2, -0.15) is 132 Å². The molecule has 0 radical (unpaired) electrons. The minimum atomic E-state index is -6.13. The van der Waals surface area contributed by atoms with Crippen LogP contribution in [0.25, 0.3) is 21.3 Å². The maximum absolute atomic E-state index is 14.2. The van der Waals surface area contributed by atoms with Crippen LogP contribution in [-0.2, 0) is 56.0 Å². The molecule has 5 nitrogen and oxygen atoms in total. The van der Waals surface area contributed by atoms with Gasteiger partial charge in [-0.3, -0.25) is 0 Å². The molecular weight excluding hydrogens is 1190 g/mol. The molecule has 0 saturated heterocycles. The number of alkyl halides is 24. The smallest absolute Gasteiger partial charge is 0.405 e. The average Bonchev–Trinajstić information content (AvgIpc) is 0.764. The molecule has 1 heterocycles. The van der Waals surface area contributed by atoms with Crippen LogP contribution in [0, 0.1) is 0 Å². The molecule has 0 aliphatic carbocycles. The summed E-state index contributed by atoms with van der Waals surface area (Å²) in [5.74, 6) is 1.34. The number of para-hydroxylation sites is 1. The van der Waals surface area contributed by atoms with E-state index in [-0.39, 0.29) is 0 Å². The number of azide groups is 1. The first-order valence-corrected chi connectivity index (χ1v) is 23.2. The number of ether oxygens (including phenoxy) is 1. The summed E-state index contributed by atoms with van der Waals surface area (Å²) in [7, 11) is 0. The third kappa shape index (κ3) is 14.3. The van der Waals surface area contributed by atoms with E-state index in [9.17, 15) is 105 Å². The Balaban J connectivity index is 0.000000309. The summed E-state index contributed by atoms with van der Waals surface area (Å²) in [5.41, 5.74) is -18.8. The highest BCUT2D eigenvalue weighted by molar-refractivity contribution is 7.20. The standard InChI is InChI=1S/C32H12BF24.C22H17N4O/c34-25(35,36)13-1-14(26(37,38)39)6-21(5-13)33(22-7-15(27(40,41)42)2-16(8-22)28(43,44)45,23-9-17(29(46,47)48)3-18(10-23)30(49,50)51)24-11-19(31(52,53)54)4-20(12-24)32(55,56)57;23-25-24-19-10-6-11-20(15-19)27-22-14-13-18-9-4-5-12-21(18)26(22)16-17-7-2-1-3-8-17/h1-12H;1-15H,16H2/q-1;+1. The summed E-state index contributed by atoms with van der Waals surface area (Å²) >= 11 is 0. The Bertz CT molecular complexity index is 3320. The summed E-state index contributed by atoms with van der Waals surface area (Å²) in [6.45, 7) is 0.688. The van der Waals surface area contributed by atoms with Crippen LogP contribution in [-0.4, -0.2) is 6.15 Å². The second-order valence-corrected chi connectivity index (χ2v) is 18.3. The van der Waals surface area contributed by atoms with E-state index in [2.05, 4.69) is 38.9 Å². The van der Waals surface area contributed by atoms with Crippen molar-refractivity contribution in [3.63, 3.8) is 0 Å². The van der Waals surface area contributed by atoms with E-state index >= 15 is 0 Å². The number of fused-ring (bicyclic) bond motifs is 1. The molecule has 0 fully saturated rings. The summed E-state index contributed by atoms with van der Waals surface area (Å²) in [5, 5.41) is 4.79. The Morgan fingerprint density at radius 3 is 1.04 bits per heavy atom. The Morgan fingerprint density at radius 1 is 0.369 bits per heavy atom. The predicted octanol–water partition coefficient (Wildman–Crippen LogP) is 17.1. The maximum atomic E-state index is 14.2. The monoisotopic (exact) mass is 1220 g/mol. The molecule has 0 aliphatic heterocycles. The van der Waals surface area contributed by atoms with E-state index in [1.165, 1.54) is 5.56 Å². The van der Waals surface area contributed by atoms with Crippen molar-refractivity contribution in [2.24, 2.45) is 5.11 Å². The summed E-state index contributed by atoms with van der Waals surface area (Å²) < 4.78 is 349. The first kappa shape index (κ1) is 63.0. The fraction of sp³-hybridized carbons (Fsp3) is 0.167. The highest BCUT2D eigenvalue weighted by Gasteiger charge is 2.47. The highest BCUT2D eigenvalue weighted by Crippen LogP contribution is 2.42. The van der Waals surface area contributed by atoms with Gasteiger partial charge in [0.1, 0.15) is 11.9 Å². The number of hydrogen-bond donors (Lipinski definition) is 0. The lowest BCUT2D eigenvalue weighted by atomic mass is 9.12. The zero-order valence-electron chi connectivity index (χ0n) is 41.1. The van der Waals surface area contributed by atoms with Gasteiger partial charge < -0.3 is 4.74 Å². The van der Waals surface area contributed by atoms with E-state index < -0.39 is 195 Å². The molecule has 84 heavy (non-hydrogen) atoms. The predicted molar refractivity (Wildman–Crippen MR) is 255 cm³/mol. The molecule has 442 valence electrons. The van der Waals surface area contributed by atoms with Crippen LogP contribution in [0.2, 0.25) is 0 Å². The molecule has 0 bridgehead atoms. The zero-order valence-corrected chi connectivity index (χ0v) is 41.1. The van der Waals surface area contributed by atoms with Crippen molar-refractivity contribution in [1.29, 1.82) is 0 Å². The van der Waals surface area contributed by atoms with E-state index in [4.69, 9.17) is 10.3 Å². The van der Waals surface area contributed by atoms with Gasteiger partial charge >= 0.3 is 55.3 Å². The maximum Gasteiger partial charge on any atom is 0.416 e. The third-order valence-corrected chi connectivity index (χ3v) is 12.7. The third-order valence-electron chi connectivity index (χ3n) is 12.7. The van der Waals surface area contributed by atoms with Crippen LogP contribution < -0.4 is 31.2 Å². The van der Waals surface area contributed by atoms with Crippen LogP contribution in [0.3, 0.4) is 0 Å². The molecule has 0 unspecified atom stereocenters. The van der Waals surface area contributed by atoms with Gasteiger partial charge in [0.2, 0.25) is 5.52 Å². The van der Waals surface area contributed by atoms with Crippen LogP contribution in [0.1, 0.15) is 50.1 Å². The van der Waals surface area contributed by atoms with E-state index in [0.717, 1.165) is 16.8 Å². The fourth-order valence-corrected chi connectivity index (χ4v) is 9.11. The summed E-state index contributed by atoms with van der Waals surface area (Å²) in [4.78, 5) is 2.83. The summed E-state index contributed by atoms with van der Waals surface area (Å²) in [6.07, 6.45) is -54.8. The Hall–Kier alpha value is -8.56. The number of aromatic nitrogens is 1. The van der Waals surface area contributed by atoms with Gasteiger partial charge in [0.25, 0.3) is 0 Å². The van der Waals surface area contributed by atoms with Crippen molar-refractivity contribution in [1.82, 2.24) is 0 Å². The zero-order chi connectivity index (χ0) is 62.4. The molecular formula is C54H29BF24N4O. The first-order chi connectivity index (χ1) is 38.6. The molecule has 0 atom stereocenters. The average molecular weight is 1220 g/mol. The quantitative estimate of drug-likeness (QED) is 0.0355. The second-order valence-electron chi connectivity index (χ2n) is 18.3. The molecule has 0 saturated carbocycles. The molecule has 30 heteroatoms. The number of pyridine rings is 1. The van der Waals surface area contributed by atoms with E-state index in [1.807, 2.05) is 54.6 Å². The van der Waals surface area contributed by atoms with Crippen LogP contribution in [0.4, 0.5) is 111 Å². The molecule has 8 rings (SSSR count). The Morgan fingerprint density at radius 2 is 0.702 bits per heavy atom. The van der Waals surface area contributed by atoms with Gasteiger partial charge in [0.15, 0.2) is 6.54 Å². The largest absolute Gasteiger partial charge is 0.416 e. The van der Waals surface area contributed by atoms with Crippen LogP contribution >= 0.6 is 0 Å². The van der Waals surface area contributed by atoms with Gasteiger partial charge in [-0.1, -0.05) is 108 Å². The lowest BCUT2D eigenvalue weighted by Crippen LogP contribution is -2.75. The van der Waals surface area contributed by atoms with Crippen molar-refractivity contribution < 1.29 is 115 Å². The number of nitrogens with zero attached hydrogens (tertiary/aromatic N) is 4. The van der Waals surface area contributed by atoms with Gasteiger partial charge in [0.05, 0.1) is 50.6 Å².